The van der Waals surface area contributed by atoms with Gasteiger partial charge in [-0.25, -0.2) is 0 Å². The van der Waals surface area contributed by atoms with Crippen LogP contribution in [-0.4, -0.2) is 21.2 Å². The van der Waals surface area contributed by atoms with Gasteiger partial charge in [-0.05, 0) is 48.0 Å². The molecule has 0 unspecified atom stereocenters. The summed E-state index contributed by atoms with van der Waals surface area (Å²) in [5, 5.41) is 4.33. The Labute approximate surface area is 207 Å². The number of benzene rings is 2. The zero-order chi connectivity index (χ0) is 23.5. The highest BCUT2D eigenvalue weighted by Crippen LogP contribution is 2.24. The summed E-state index contributed by atoms with van der Waals surface area (Å²) in [6.45, 7) is 4.10. The SMILES string of the molecule is C=CCOc1ccc(/C=C/c2nc3s/c(=C\c4ccc(-c5ccc(Br)cc5)o4)c(=O)n3n2)cc1. The summed E-state index contributed by atoms with van der Waals surface area (Å²) < 4.78 is 14.2. The largest absolute Gasteiger partial charge is 0.490 e. The van der Waals surface area contributed by atoms with Crippen molar-refractivity contribution in [2.75, 3.05) is 6.61 Å². The number of hydrogen-bond donors (Lipinski definition) is 0. The van der Waals surface area contributed by atoms with Crippen LogP contribution in [0.2, 0.25) is 0 Å². The first kappa shape index (κ1) is 22.1. The monoisotopic (exact) mass is 531 g/mol. The van der Waals surface area contributed by atoms with Crippen LogP contribution in [0, 0.1) is 0 Å². The maximum atomic E-state index is 12.8. The zero-order valence-electron chi connectivity index (χ0n) is 17.8. The van der Waals surface area contributed by atoms with Crippen molar-refractivity contribution >= 4 is 50.5 Å². The van der Waals surface area contributed by atoms with Gasteiger partial charge < -0.3 is 9.15 Å². The van der Waals surface area contributed by atoms with Crippen LogP contribution in [0.3, 0.4) is 0 Å². The van der Waals surface area contributed by atoms with Gasteiger partial charge in [-0.1, -0.05) is 70.3 Å². The number of hydrogen-bond acceptors (Lipinski definition) is 6. The first-order chi connectivity index (χ1) is 16.6. The summed E-state index contributed by atoms with van der Waals surface area (Å²) >= 11 is 4.70. The van der Waals surface area contributed by atoms with E-state index in [1.54, 1.807) is 18.2 Å². The summed E-state index contributed by atoms with van der Waals surface area (Å²) in [4.78, 5) is 17.8. The van der Waals surface area contributed by atoms with E-state index in [0.717, 1.165) is 27.1 Å². The van der Waals surface area contributed by atoms with E-state index in [4.69, 9.17) is 9.15 Å². The van der Waals surface area contributed by atoms with Crippen LogP contribution in [0.25, 0.3) is 34.5 Å². The highest BCUT2D eigenvalue weighted by molar-refractivity contribution is 9.10. The highest BCUT2D eigenvalue weighted by Gasteiger charge is 2.10. The van der Waals surface area contributed by atoms with E-state index in [-0.39, 0.29) is 5.56 Å². The van der Waals surface area contributed by atoms with E-state index < -0.39 is 0 Å². The Morgan fingerprint density at radius 2 is 1.85 bits per heavy atom. The Morgan fingerprint density at radius 3 is 2.59 bits per heavy atom. The number of aromatic nitrogens is 3. The summed E-state index contributed by atoms with van der Waals surface area (Å²) in [7, 11) is 0. The Morgan fingerprint density at radius 1 is 1.06 bits per heavy atom. The molecule has 0 radical (unpaired) electrons. The Kier molecular flexibility index (Phi) is 6.24. The van der Waals surface area contributed by atoms with Crippen LogP contribution in [0.5, 0.6) is 5.75 Å². The minimum absolute atomic E-state index is 0.225. The van der Waals surface area contributed by atoms with Gasteiger partial charge in [0.2, 0.25) is 4.96 Å². The molecule has 0 bridgehead atoms. The van der Waals surface area contributed by atoms with Crippen molar-refractivity contribution in [1.29, 1.82) is 0 Å². The first-order valence-electron chi connectivity index (χ1n) is 10.4. The molecule has 0 saturated carbocycles. The molecule has 0 spiro atoms. The van der Waals surface area contributed by atoms with Gasteiger partial charge in [0.1, 0.15) is 28.4 Å². The van der Waals surface area contributed by atoms with Gasteiger partial charge in [-0.3, -0.25) is 4.79 Å². The molecule has 168 valence electrons. The van der Waals surface area contributed by atoms with E-state index in [1.165, 1.54) is 15.9 Å². The number of thiazole rings is 1. The number of fused-ring (bicyclic) bond motifs is 1. The number of furan rings is 1. The van der Waals surface area contributed by atoms with Crippen molar-refractivity contribution in [2.45, 2.75) is 0 Å². The maximum absolute atomic E-state index is 12.8. The molecule has 8 heteroatoms. The molecule has 0 N–H and O–H groups in total. The second-order valence-electron chi connectivity index (χ2n) is 7.29. The molecule has 6 nitrogen and oxygen atoms in total. The van der Waals surface area contributed by atoms with Crippen molar-refractivity contribution in [3.63, 3.8) is 0 Å². The average Bonchev–Trinajstić information content (AvgIpc) is 3.55. The Bertz CT molecular complexity index is 1600. The van der Waals surface area contributed by atoms with Crippen LogP contribution in [0.4, 0.5) is 0 Å². The lowest BCUT2D eigenvalue weighted by molar-refractivity contribution is 0.363. The quantitative estimate of drug-likeness (QED) is 0.261. The van der Waals surface area contributed by atoms with Gasteiger partial charge in [0, 0.05) is 16.1 Å². The minimum atomic E-state index is -0.225. The first-order valence-corrected chi connectivity index (χ1v) is 12.0. The second kappa shape index (κ2) is 9.62. The van der Waals surface area contributed by atoms with Gasteiger partial charge in [-0.2, -0.15) is 9.50 Å². The molecule has 5 rings (SSSR count). The van der Waals surface area contributed by atoms with E-state index in [0.29, 0.717) is 27.7 Å². The number of nitrogens with zero attached hydrogens (tertiary/aromatic N) is 3. The summed E-state index contributed by atoms with van der Waals surface area (Å²) in [5.74, 6) is 2.58. The van der Waals surface area contributed by atoms with Crippen molar-refractivity contribution in [2.24, 2.45) is 0 Å². The zero-order valence-corrected chi connectivity index (χ0v) is 20.3. The molecule has 0 aliphatic carbocycles. The molecule has 3 aromatic heterocycles. The third-order valence-corrected chi connectivity index (χ3v) is 6.39. The number of halogens is 1. The van der Waals surface area contributed by atoms with Gasteiger partial charge in [0.25, 0.3) is 5.56 Å². The number of rotatable bonds is 7. The molecule has 2 aromatic carbocycles. The van der Waals surface area contributed by atoms with Crippen LogP contribution < -0.4 is 14.8 Å². The second-order valence-corrected chi connectivity index (χ2v) is 9.22. The summed E-state index contributed by atoms with van der Waals surface area (Å²) in [5.41, 5.74) is 1.71. The number of ether oxygens (including phenoxy) is 1. The van der Waals surface area contributed by atoms with Crippen LogP contribution in [0.1, 0.15) is 17.1 Å². The molecule has 0 fully saturated rings. The lowest BCUT2D eigenvalue weighted by atomic mass is 10.2. The fraction of sp³-hybridized carbons (Fsp3) is 0.0385. The molecule has 3 heterocycles. The summed E-state index contributed by atoms with van der Waals surface area (Å²) in [6.07, 6.45) is 7.09. The third-order valence-electron chi connectivity index (χ3n) is 4.90. The predicted octanol–water partition coefficient (Wildman–Crippen LogP) is 5.46. The molecule has 5 aromatic rings. The topological polar surface area (TPSA) is 69.6 Å². The Hall–Kier alpha value is -3.75. The standard InChI is InChI=1S/C26H18BrN3O3S/c1-2-15-32-20-10-3-17(4-11-20)5-14-24-28-26-30(29-24)25(31)23(34-26)16-21-12-13-22(33-21)18-6-8-19(27)9-7-18/h2-14,16H,1,15H2/b14-5+,23-16-. The third kappa shape index (κ3) is 4.78. The molecule has 34 heavy (non-hydrogen) atoms. The van der Waals surface area contributed by atoms with Crippen LogP contribution >= 0.6 is 27.3 Å². The highest BCUT2D eigenvalue weighted by atomic mass is 79.9. The molecule has 0 aliphatic rings. The Balaban J connectivity index is 1.35. The van der Waals surface area contributed by atoms with Gasteiger partial charge in [0.15, 0.2) is 5.82 Å². The molecule has 0 saturated heterocycles. The molecule has 0 aliphatic heterocycles. The van der Waals surface area contributed by atoms with Gasteiger partial charge >= 0.3 is 0 Å². The lowest BCUT2D eigenvalue weighted by Gasteiger charge is -2.02. The molecular weight excluding hydrogens is 514 g/mol. The van der Waals surface area contributed by atoms with Crippen molar-refractivity contribution < 1.29 is 9.15 Å². The van der Waals surface area contributed by atoms with E-state index in [1.807, 2.05) is 66.7 Å². The van der Waals surface area contributed by atoms with Crippen molar-refractivity contribution in [3.8, 4) is 17.1 Å². The molecular formula is C26H18BrN3O3S. The normalized spacial score (nSPS) is 12.1. The van der Waals surface area contributed by atoms with Crippen LogP contribution in [-0.2, 0) is 0 Å². The van der Waals surface area contributed by atoms with E-state index in [2.05, 4.69) is 32.6 Å². The van der Waals surface area contributed by atoms with Crippen molar-refractivity contribution in [3.05, 3.63) is 110 Å². The maximum Gasteiger partial charge on any atom is 0.291 e. The average molecular weight is 532 g/mol. The summed E-state index contributed by atoms with van der Waals surface area (Å²) in [6, 6.07) is 19.2. The fourth-order valence-corrected chi connectivity index (χ4v) is 4.41. The van der Waals surface area contributed by atoms with Gasteiger partial charge in [-0.15, -0.1) is 5.10 Å². The smallest absolute Gasteiger partial charge is 0.291 e. The molecule has 0 amide bonds. The van der Waals surface area contributed by atoms with Crippen LogP contribution in [0.15, 0.2) is 87.0 Å². The fourth-order valence-electron chi connectivity index (χ4n) is 3.25. The molecule has 0 atom stereocenters. The minimum Gasteiger partial charge on any atom is -0.490 e. The van der Waals surface area contributed by atoms with E-state index >= 15 is 0 Å². The van der Waals surface area contributed by atoms with Crippen molar-refractivity contribution in [1.82, 2.24) is 14.6 Å². The van der Waals surface area contributed by atoms with Gasteiger partial charge in [0.05, 0.1) is 0 Å². The predicted molar refractivity (Wildman–Crippen MR) is 139 cm³/mol. The lowest BCUT2D eigenvalue weighted by Crippen LogP contribution is -2.23. The van der Waals surface area contributed by atoms with E-state index in [9.17, 15) is 4.79 Å².